The maximum absolute atomic E-state index is 13.4. The van der Waals surface area contributed by atoms with E-state index in [1.165, 1.54) is 4.90 Å². The van der Waals surface area contributed by atoms with Crippen molar-refractivity contribution in [1.82, 2.24) is 14.8 Å². The molecule has 1 saturated carbocycles. The maximum atomic E-state index is 13.4. The summed E-state index contributed by atoms with van der Waals surface area (Å²) in [6.45, 7) is 2.64. The molecule has 158 valence electrons. The number of aromatic nitrogens is 1. The molecule has 3 atom stereocenters. The number of carbonyl (C=O) groups excluding carboxylic acids is 3. The van der Waals surface area contributed by atoms with Crippen molar-refractivity contribution >= 4 is 46.0 Å². The van der Waals surface area contributed by atoms with Crippen molar-refractivity contribution in [2.24, 2.45) is 11.8 Å². The molecule has 0 N–H and O–H groups in total. The third-order valence-corrected chi connectivity index (χ3v) is 7.82. The van der Waals surface area contributed by atoms with E-state index in [1.54, 1.807) is 29.3 Å². The van der Waals surface area contributed by atoms with Crippen LogP contribution in [-0.4, -0.2) is 76.7 Å². The van der Waals surface area contributed by atoms with Gasteiger partial charge in [-0.2, -0.15) is 11.8 Å². The number of hydrogen-bond acceptors (Lipinski definition) is 7. The number of hydrogen-bond donors (Lipinski definition) is 0. The summed E-state index contributed by atoms with van der Waals surface area (Å²) in [6, 6.07) is -0.653. The number of fused-ring (bicyclic) bond motifs is 1. The smallest absolute Gasteiger partial charge is 0.246 e. The summed E-state index contributed by atoms with van der Waals surface area (Å²) in [5.41, 5.74) is 0. The molecule has 7 nitrogen and oxygen atoms in total. The third-order valence-electron chi connectivity index (χ3n) is 6.35. The standard InChI is InChI=1S/C20H28N4O3S2/c1-28-12-6-16(24-17(25)14-4-2-3-5-15(14)18(24)26)19(27)22-8-10-23(11-9-22)20-21-7-13-29-20/h7,13-16H,2-6,8-12H2,1H3/t14-,15-,16-/m1/s1. The lowest BCUT2D eigenvalue weighted by molar-refractivity contribution is -0.152. The van der Waals surface area contributed by atoms with Crippen molar-refractivity contribution in [3.05, 3.63) is 11.6 Å². The first-order valence-corrected chi connectivity index (χ1v) is 12.7. The molecule has 2 saturated heterocycles. The fourth-order valence-corrected chi connectivity index (χ4v) is 5.94. The zero-order chi connectivity index (χ0) is 20.4. The molecule has 0 spiro atoms. The summed E-state index contributed by atoms with van der Waals surface area (Å²) in [7, 11) is 0. The quantitative estimate of drug-likeness (QED) is 0.636. The second-order valence-electron chi connectivity index (χ2n) is 7.97. The van der Waals surface area contributed by atoms with Gasteiger partial charge in [0.1, 0.15) is 6.04 Å². The number of amides is 3. The molecular formula is C20H28N4O3S2. The monoisotopic (exact) mass is 436 g/mol. The van der Waals surface area contributed by atoms with Crippen LogP contribution in [0.25, 0.3) is 0 Å². The van der Waals surface area contributed by atoms with Gasteiger partial charge in [-0.3, -0.25) is 19.3 Å². The van der Waals surface area contributed by atoms with Crippen molar-refractivity contribution in [2.45, 2.75) is 38.1 Å². The second-order valence-corrected chi connectivity index (χ2v) is 9.83. The fraction of sp³-hybridized carbons (Fsp3) is 0.700. The Morgan fingerprint density at radius 2 is 1.83 bits per heavy atom. The Hall–Kier alpha value is -1.61. The van der Waals surface area contributed by atoms with E-state index in [-0.39, 0.29) is 29.6 Å². The van der Waals surface area contributed by atoms with E-state index in [1.807, 2.05) is 16.5 Å². The topological polar surface area (TPSA) is 73.8 Å². The Morgan fingerprint density at radius 3 is 2.38 bits per heavy atom. The predicted molar refractivity (Wildman–Crippen MR) is 115 cm³/mol. The first-order valence-electron chi connectivity index (χ1n) is 10.4. The average molecular weight is 437 g/mol. The first-order chi connectivity index (χ1) is 14.1. The van der Waals surface area contributed by atoms with Gasteiger partial charge in [0.05, 0.1) is 11.8 Å². The second kappa shape index (κ2) is 9.04. The van der Waals surface area contributed by atoms with Crippen LogP contribution in [0.1, 0.15) is 32.1 Å². The summed E-state index contributed by atoms with van der Waals surface area (Å²) in [4.78, 5) is 49.3. The van der Waals surface area contributed by atoms with Crippen LogP contribution in [0.15, 0.2) is 11.6 Å². The SMILES string of the molecule is CSCC[C@H](C(=O)N1CCN(c2nccs2)CC1)N1C(=O)[C@@H]2CCCC[C@H]2C1=O. The normalized spacial score (nSPS) is 26.0. The van der Waals surface area contributed by atoms with Crippen molar-refractivity contribution in [3.8, 4) is 0 Å². The minimum atomic E-state index is -0.653. The van der Waals surface area contributed by atoms with Gasteiger partial charge in [-0.1, -0.05) is 12.8 Å². The lowest BCUT2D eigenvalue weighted by atomic mass is 9.81. The van der Waals surface area contributed by atoms with Crippen LogP contribution in [0.5, 0.6) is 0 Å². The van der Waals surface area contributed by atoms with Crippen LogP contribution in [0.3, 0.4) is 0 Å². The highest BCUT2D eigenvalue weighted by atomic mass is 32.2. The number of carbonyl (C=O) groups is 3. The van der Waals surface area contributed by atoms with Crippen LogP contribution in [0.4, 0.5) is 5.13 Å². The van der Waals surface area contributed by atoms with Crippen molar-refractivity contribution in [1.29, 1.82) is 0 Å². The number of imide groups is 1. The van der Waals surface area contributed by atoms with Crippen LogP contribution < -0.4 is 4.90 Å². The van der Waals surface area contributed by atoms with E-state index >= 15 is 0 Å². The van der Waals surface area contributed by atoms with Crippen LogP contribution in [0, 0.1) is 11.8 Å². The van der Waals surface area contributed by atoms with Gasteiger partial charge >= 0.3 is 0 Å². The van der Waals surface area contributed by atoms with Crippen molar-refractivity contribution in [2.75, 3.05) is 43.1 Å². The molecule has 29 heavy (non-hydrogen) atoms. The summed E-state index contributed by atoms with van der Waals surface area (Å²) in [5.74, 6) is 0.0477. The lowest BCUT2D eigenvalue weighted by Crippen LogP contribution is -2.56. The van der Waals surface area contributed by atoms with Gasteiger partial charge in [-0.15, -0.1) is 11.3 Å². The third kappa shape index (κ3) is 4.03. The van der Waals surface area contributed by atoms with E-state index in [0.29, 0.717) is 19.5 Å². The minimum Gasteiger partial charge on any atom is -0.345 e. The number of piperazine rings is 1. The van der Waals surface area contributed by atoms with E-state index in [2.05, 4.69) is 9.88 Å². The molecule has 2 aliphatic heterocycles. The predicted octanol–water partition coefficient (Wildman–Crippen LogP) is 2.09. The van der Waals surface area contributed by atoms with E-state index in [9.17, 15) is 14.4 Å². The largest absolute Gasteiger partial charge is 0.345 e. The molecule has 0 radical (unpaired) electrons. The number of anilines is 1. The molecule has 3 fully saturated rings. The lowest BCUT2D eigenvalue weighted by Gasteiger charge is -2.37. The molecule has 9 heteroatoms. The van der Waals surface area contributed by atoms with Crippen molar-refractivity contribution in [3.63, 3.8) is 0 Å². The number of nitrogens with zero attached hydrogens (tertiary/aromatic N) is 4. The van der Waals surface area contributed by atoms with Gasteiger partial charge < -0.3 is 9.80 Å². The minimum absolute atomic E-state index is 0.0711. The van der Waals surface area contributed by atoms with Gasteiger partial charge in [0, 0.05) is 37.8 Å². The highest BCUT2D eigenvalue weighted by Gasteiger charge is 2.52. The molecule has 0 bridgehead atoms. The Bertz CT molecular complexity index is 725. The Labute approximate surface area is 179 Å². The highest BCUT2D eigenvalue weighted by Crippen LogP contribution is 2.39. The van der Waals surface area contributed by atoms with Gasteiger partial charge in [0.15, 0.2) is 5.13 Å². The molecule has 1 aromatic rings. The van der Waals surface area contributed by atoms with Gasteiger partial charge in [-0.25, -0.2) is 4.98 Å². The van der Waals surface area contributed by atoms with E-state index in [4.69, 9.17) is 0 Å². The first kappa shape index (κ1) is 20.7. The fourth-order valence-electron chi connectivity index (χ4n) is 4.79. The number of thiazole rings is 1. The molecule has 1 aromatic heterocycles. The highest BCUT2D eigenvalue weighted by molar-refractivity contribution is 7.98. The van der Waals surface area contributed by atoms with Crippen molar-refractivity contribution < 1.29 is 14.4 Å². The van der Waals surface area contributed by atoms with Crippen LogP contribution in [-0.2, 0) is 14.4 Å². The van der Waals surface area contributed by atoms with E-state index in [0.717, 1.165) is 49.7 Å². The van der Waals surface area contributed by atoms with Crippen LogP contribution >= 0.6 is 23.1 Å². The number of rotatable bonds is 6. The average Bonchev–Trinajstić information content (AvgIpc) is 3.37. The number of thioether (sulfide) groups is 1. The summed E-state index contributed by atoms with van der Waals surface area (Å²) in [6.07, 6.45) is 7.86. The molecule has 3 amide bonds. The van der Waals surface area contributed by atoms with E-state index < -0.39 is 6.04 Å². The zero-order valence-corrected chi connectivity index (χ0v) is 18.4. The molecular weight excluding hydrogens is 408 g/mol. The Balaban J connectivity index is 1.47. The Kier molecular flexibility index (Phi) is 6.44. The zero-order valence-electron chi connectivity index (χ0n) is 16.8. The summed E-state index contributed by atoms with van der Waals surface area (Å²) in [5, 5.41) is 2.93. The van der Waals surface area contributed by atoms with Gasteiger partial charge in [0.25, 0.3) is 0 Å². The van der Waals surface area contributed by atoms with Gasteiger partial charge in [0.2, 0.25) is 17.7 Å². The Morgan fingerprint density at radius 1 is 1.17 bits per heavy atom. The maximum Gasteiger partial charge on any atom is 0.246 e. The van der Waals surface area contributed by atoms with Gasteiger partial charge in [-0.05, 0) is 31.3 Å². The molecule has 0 aromatic carbocycles. The van der Waals surface area contributed by atoms with Crippen LogP contribution in [0.2, 0.25) is 0 Å². The summed E-state index contributed by atoms with van der Waals surface area (Å²) >= 11 is 3.24. The summed E-state index contributed by atoms with van der Waals surface area (Å²) < 4.78 is 0. The molecule has 4 rings (SSSR count). The molecule has 0 unspecified atom stereocenters. The molecule has 3 heterocycles. The number of likely N-dealkylation sites (tertiary alicyclic amines) is 1. The molecule has 1 aliphatic carbocycles. The molecule has 3 aliphatic rings.